The lowest BCUT2D eigenvalue weighted by molar-refractivity contribution is -0.148. The summed E-state index contributed by atoms with van der Waals surface area (Å²) >= 11 is 6.19. The molecule has 182 valence electrons. The summed E-state index contributed by atoms with van der Waals surface area (Å²) in [5.74, 6) is 2.20. The van der Waals surface area contributed by atoms with Gasteiger partial charge in [0.05, 0.1) is 30.0 Å². The number of hydrogen-bond acceptors (Lipinski definition) is 6. The number of benzene rings is 1. The van der Waals surface area contributed by atoms with E-state index < -0.39 is 12.7 Å². The highest BCUT2D eigenvalue weighted by molar-refractivity contribution is 6.30. The van der Waals surface area contributed by atoms with Gasteiger partial charge in [0.25, 0.3) is 0 Å². The molecular formula is C24H23ClF3N7. The molecular weight excluding hydrogens is 479 g/mol. The molecule has 7 nitrogen and oxygen atoms in total. The zero-order valence-corrected chi connectivity index (χ0v) is 19.8. The van der Waals surface area contributed by atoms with Crippen molar-refractivity contribution in [2.75, 3.05) is 24.5 Å². The number of aryl methyl sites for hydroxylation is 1. The molecule has 0 spiro atoms. The van der Waals surface area contributed by atoms with Gasteiger partial charge in [0.15, 0.2) is 5.82 Å². The van der Waals surface area contributed by atoms with Crippen LogP contribution in [0, 0.1) is 18.3 Å². The largest absolute Gasteiger partial charge is 0.401 e. The first-order chi connectivity index (χ1) is 16.7. The van der Waals surface area contributed by atoms with E-state index in [0.29, 0.717) is 22.1 Å². The molecule has 1 fully saturated rings. The van der Waals surface area contributed by atoms with Crippen LogP contribution in [0.15, 0.2) is 30.3 Å². The number of rotatable bonds is 3. The number of pyridine rings is 1. The van der Waals surface area contributed by atoms with Crippen molar-refractivity contribution in [1.82, 2.24) is 24.6 Å². The number of aromatic nitrogens is 4. The number of hydrogen-bond donors (Lipinski definition) is 0. The number of piperidine rings is 1. The van der Waals surface area contributed by atoms with Crippen molar-refractivity contribution in [2.45, 2.75) is 44.9 Å². The van der Waals surface area contributed by atoms with E-state index in [-0.39, 0.29) is 19.0 Å². The third-order valence-electron chi connectivity index (χ3n) is 6.58. The normalized spacial score (nSPS) is 17.0. The Labute approximate surface area is 205 Å². The van der Waals surface area contributed by atoms with Crippen molar-refractivity contribution in [3.8, 4) is 11.8 Å². The van der Waals surface area contributed by atoms with Gasteiger partial charge in [-0.2, -0.15) is 18.4 Å². The third kappa shape index (κ3) is 4.83. The first kappa shape index (κ1) is 23.6. The fourth-order valence-electron chi connectivity index (χ4n) is 4.93. The summed E-state index contributed by atoms with van der Waals surface area (Å²) in [6, 6.07) is 11.1. The molecule has 0 saturated carbocycles. The Hall–Kier alpha value is -3.16. The topological polar surface area (TPSA) is 73.9 Å². The van der Waals surface area contributed by atoms with Crippen molar-refractivity contribution in [2.24, 2.45) is 0 Å². The van der Waals surface area contributed by atoms with E-state index in [4.69, 9.17) is 16.9 Å². The Bertz CT molecular complexity index is 1290. The second kappa shape index (κ2) is 9.13. The van der Waals surface area contributed by atoms with Crippen LogP contribution in [0.1, 0.15) is 47.2 Å². The number of anilines is 1. The van der Waals surface area contributed by atoms with Gasteiger partial charge in [-0.1, -0.05) is 11.6 Å². The molecule has 0 amide bonds. The summed E-state index contributed by atoms with van der Waals surface area (Å²) in [7, 11) is 0. The van der Waals surface area contributed by atoms with Crippen molar-refractivity contribution in [3.05, 3.63) is 63.8 Å². The van der Waals surface area contributed by atoms with Crippen LogP contribution in [0.25, 0.3) is 5.69 Å². The predicted octanol–water partition coefficient (Wildman–Crippen LogP) is 4.76. The molecule has 1 saturated heterocycles. The molecule has 1 aromatic carbocycles. The number of fused-ring (bicyclic) bond motifs is 3. The van der Waals surface area contributed by atoms with Crippen molar-refractivity contribution in [3.63, 3.8) is 0 Å². The Morgan fingerprint density at radius 3 is 2.57 bits per heavy atom. The Kier molecular flexibility index (Phi) is 6.15. The van der Waals surface area contributed by atoms with E-state index in [1.54, 1.807) is 18.2 Å². The second-order valence-electron chi connectivity index (χ2n) is 9.02. The third-order valence-corrected chi connectivity index (χ3v) is 6.81. The fraction of sp³-hybridized carbons (Fsp3) is 0.417. The van der Waals surface area contributed by atoms with Crippen LogP contribution in [0.4, 0.5) is 19.0 Å². The standard InChI is InChI=1S/C24H23ClF3N7/c1-15-17(11-29)2-5-21(30-15)34-8-6-16(7-9-34)23-32-31-22-13-33(14-24(26,27)28)12-18-10-19(25)3-4-20(18)35(22)23/h2-5,10,16H,6-9,12-14H2,1H3. The average Bonchev–Trinajstić information content (AvgIpc) is 3.15. The monoisotopic (exact) mass is 501 g/mol. The van der Waals surface area contributed by atoms with Gasteiger partial charge in [0, 0.05) is 30.6 Å². The number of halogens is 4. The maximum absolute atomic E-state index is 13.2. The van der Waals surface area contributed by atoms with Gasteiger partial charge in [-0.05, 0) is 55.7 Å². The van der Waals surface area contributed by atoms with E-state index in [9.17, 15) is 13.2 Å². The number of nitrogens with zero attached hydrogens (tertiary/aromatic N) is 7. The highest BCUT2D eigenvalue weighted by Crippen LogP contribution is 2.35. The molecule has 3 aromatic rings. The van der Waals surface area contributed by atoms with Gasteiger partial charge in [-0.15, -0.1) is 10.2 Å². The first-order valence-electron chi connectivity index (χ1n) is 11.4. The minimum Gasteiger partial charge on any atom is -0.357 e. The van der Waals surface area contributed by atoms with Gasteiger partial charge in [-0.25, -0.2) is 4.98 Å². The van der Waals surface area contributed by atoms with Crippen molar-refractivity contribution < 1.29 is 13.2 Å². The molecule has 4 heterocycles. The molecule has 0 atom stereocenters. The van der Waals surface area contributed by atoms with Crippen molar-refractivity contribution in [1.29, 1.82) is 5.26 Å². The SMILES string of the molecule is Cc1nc(N2CCC(c3nnc4n3-c3ccc(Cl)cc3CN(CC(F)(F)F)C4)CC2)ccc1C#N. The Morgan fingerprint density at radius 2 is 1.89 bits per heavy atom. The quantitative estimate of drug-likeness (QED) is 0.515. The molecule has 0 radical (unpaired) electrons. The maximum atomic E-state index is 13.2. The highest BCUT2D eigenvalue weighted by atomic mass is 35.5. The van der Waals surface area contributed by atoms with E-state index in [0.717, 1.165) is 48.8 Å². The molecule has 0 bridgehead atoms. The smallest absolute Gasteiger partial charge is 0.357 e. The lowest BCUT2D eigenvalue weighted by Gasteiger charge is -2.32. The van der Waals surface area contributed by atoms with Crippen LogP contribution in [0.5, 0.6) is 0 Å². The highest BCUT2D eigenvalue weighted by Gasteiger charge is 2.35. The van der Waals surface area contributed by atoms with Crippen LogP contribution in [-0.2, 0) is 13.1 Å². The van der Waals surface area contributed by atoms with Crippen LogP contribution in [-0.4, -0.2) is 50.5 Å². The van der Waals surface area contributed by atoms with Gasteiger partial charge in [0.2, 0.25) is 0 Å². The Morgan fingerprint density at radius 1 is 1.11 bits per heavy atom. The average molecular weight is 502 g/mol. The molecule has 0 aliphatic carbocycles. The maximum Gasteiger partial charge on any atom is 0.401 e. The minimum absolute atomic E-state index is 0.0477. The van der Waals surface area contributed by atoms with E-state index >= 15 is 0 Å². The van der Waals surface area contributed by atoms with Crippen LogP contribution in [0.3, 0.4) is 0 Å². The molecule has 0 N–H and O–H groups in total. The lowest BCUT2D eigenvalue weighted by Crippen LogP contribution is -2.34. The van der Waals surface area contributed by atoms with Gasteiger partial charge < -0.3 is 4.90 Å². The van der Waals surface area contributed by atoms with Crippen molar-refractivity contribution >= 4 is 17.4 Å². The number of nitriles is 1. The lowest BCUT2D eigenvalue weighted by atomic mass is 9.95. The summed E-state index contributed by atoms with van der Waals surface area (Å²) in [4.78, 5) is 8.08. The summed E-state index contributed by atoms with van der Waals surface area (Å²) < 4.78 is 41.5. The van der Waals surface area contributed by atoms with E-state index in [1.807, 2.05) is 23.6 Å². The summed E-state index contributed by atoms with van der Waals surface area (Å²) in [6.45, 7) is 2.47. The molecule has 35 heavy (non-hydrogen) atoms. The summed E-state index contributed by atoms with van der Waals surface area (Å²) in [5.41, 5.74) is 2.76. The van der Waals surface area contributed by atoms with Crippen LogP contribution in [0.2, 0.25) is 5.02 Å². The van der Waals surface area contributed by atoms with E-state index in [2.05, 4.69) is 26.2 Å². The number of alkyl halides is 3. The summed E-state index contributed by atoms with van der Waals surface area (Å²) in [5, 5.41) is 18.4. The van der Waals surface area contributed by atoms with Gasteiger partial charge >= 0.3 is 6.18 Å². The molecule has 2 aliphatic heterocycles. The summed E-state index contributed by atoms with van der Waals surface area (Å²) in [6.07, 6.45) is -2.72. The first-order valence-corrected chi connectivity index (χ1v) is 11.7. The Balaban J connectivity index is 1.42. The minimum atomic E-state index is -4.32. The van der Waals surface area contributed by atoms with Gasteiger partial charge in [-0.3, -0.25) is 9.47 Å². The zero-order valence-electron chi connectivity index (χ0n) is 19.1. The van der Waals surface area contributed by atoms with E-state index in [1.165, 1.54) is 4.90 Å². The zero-order chi connectivity index (χ0) is 24.7. The molecule has 5 rings (SSSR count). The van der Waals surface area contributed by atoms with Gasteiger partial charge in [0.1, 0.15) is 17.7 Å². The molecule has 2 aliphatic rings. The predicted molar refractivity (Wildman–Crippen MR) is 124 cm³/mol. The second-order valence-corrected chi connectivity index (χ2v) is 9.46. The molecule has 2 aromatic heterocycles. The molecule has 11 heteroatoms. The van der Waals surface area contributed by atoms with Crippen LogP contribution >= 0.6 is 11.6 Å². The fourth-order valence-corrected chi connectivity index (χ4v) is 5.12. The van der Waals surface area contributed by atoms with Crippen LogP contribution < -0.4 is 4.90 Å². The molecule has 0 unspecified atom stereocenters.